The van der Waals surface area contributed by atoms with Crippen molar-refractivity contribution < 1.29 is 17.5 Å². The van der Waals surface area contributed by atoms with Crippen LogP contribution < -0.4 is 10.1 Å². The summed E-state index contributed by atoms with van der Waals surface area (Å²) in [6.45, 7) is 0.699. The van der Waals surface area contributed by atoms with Crippen LogP contribution in [0.25, 0.3) is 0 Å². The topological polar surface area (TPSA) is 89.4 Å². The van der Waals surface area contributed by atoms with Gasteiger partial charge < -0.3 is 14.6 Å². The van der Waals surface area contributed by atoms with E-state index in [0.717, 1.165) is 17.3 Å². The molecule has 0 bridgehead atoms. The molecular formula is C26H26FN5O3S. The lowest BCUT2D eigenvalue weighted by atomic mass is 9.94. The summed E-state index contributed by atoms with van der Waals surface area (Å²) in [4.78, 5) is 8.23. The SMILES string of the molecule is Cn1cnc(S(=O)(=O)N2C[C@H](Nc3cc(OCc4ccccc4)c(F)cn3)[C@@H](c3ccccc3)C2)c1. The second-order valence-electron chi connectivity index (χ2n) is 8.74. The fraction of sp³-hybridized carbons (Fsp3) is 0.231. The number of nitrogens with one attached hydrogen (secondary N) is 1. The maximum Gasteiger partial charge on any atom is 0.262 e. The van der Waals surface area contributed by atoms with Crippen LogP contribution in [0.1, 0.15) is 17.0 Å². The minimum Gasteiger partial charge on any atom is -0.486 e. The number of ether oxygens (including phenoxy) is 1. The first-order valence-corrected chi connectivity index (χ1v) is 13.0. The Morgan fingerprint density at radius 2 is 1.78 bits per heavy atom. The molecule has 0 radical (unpaired) electrons. The second-order valence-corrected chi connectivity index (χ2v) is 10.6. The number of sulfonamides is 1. The van der Waals surface area contributed by atoms with Crippen molar-refractivity contribution in [2.24, 2.45) is 7.05 Å². The number of hydrogen-bond donors (Lipinski definition) is 1. The maximum absolute atomic E-state index is 14.4. The first-order chi connectivity index (χ1) is 17.4. The monoisotopic (exact) mass is 507 g/mol. The summed E-state index contributed by atoms with van der Waals surface area (Å²) in [5.41, 5.74) is 1.91. The van der Waals surface area contributed by atoms with Crippen molar-refractivity contribution in [3.05, 3.63) is 102 Å². The van der Waals surface area contributed by atoms with Crippen LogP contribution in [-0.2, 0) is 23.7 Å². The van der Waals surface area contributed by atoms with Crippen molar-refractivity contribution in [2.75, 3.05) is 18.4 Å². The molecule has 0 aliphatic carbocycles. The molecule has 1 fully saturated rings. The van der Waals surface area contributed by atoms with E-state index >= 15 is 0 Å². The second kappa shape index (κ2) is 10.1. The van der Waals surface area contributed by atoms with Crippen LogP contribution in [0.4, 0.5) is 10.2 Å². The number of halogens is 1. The molecule has 8 nitrogen and oxygen atoms in total. The molecule has 36 heavy (non-hydrogen) atoms. The molecule has 0 spiro atoms. The maximum atomic E-state index is 14.4. The van der Waals surface area contributed by atoms with E-state index in [1.165, 1.54) is 22.9 Å². The van der Waals surface area contributed by atoms with Crippen LogP contribution in [0.15, 0.2) is 90.5 Å². The van der Waals surface area contributed by atoms with E-state index in [0.29, 0.717) is 5.82 Å². The van der Waals surface area contributed by atoms with Crippen LogP contribution in [0.2, 0.25) is 0 Å². The van der Waals surface area contributed by atoms with Gasteiger partial charge in [-0.1, -0.05) is 60.7 Å². The Morgan fingerprint density at radius 3 is 2.47 bits per heavy atom. The minimum absolute atomic E-state index is 0.00830. The van der Waals surface area contributed by atoms with Gasteiger partial charge in [-0.15, -0.1) is 0 Å². The van der Waals surface area contributed by atoms with E-state index in [-0.39, 0.29) is 42.4 Å². The van der Waals surface area contributed by atoms with E-state index in [1.54, 1.807) is 11.6 Å². The average molecular weight is 508 g/mol. The molecule has 1 aliphatic rings. The summed E-state index contributed by atoms with van der Waals surface area (Å²) < 4.78 is 49.7. The average Bonchev–Trinajstić information content (AvgIpc) is 3.53. The highest BCUT2D eigenvalue weighted by molar-refractivity contribution is 7.89. The number of aromatic nitrogens is 3. The molecule has 2 aromatic heterocycles. The van der Waals surface area contributed by atoms with Crippen molar-refractivity contribution in [1.82, 2.24) is 18.8 Å². The third kappa shape index (κ3) is 5.09. The molecule has 5 rings (SSSR count). The van der Waals surface area contributed by atoms with Crippen molar-refractivity contribution in [1.29, 1.82) is 0 Å². The van der Waals surface area contributed by atoms with Crippen molar-refractivity contribution in [3.63, 3.8) is 0 Å². The minimum atomic E-state index is -3.78. The van der Waals surface area contributed by atoms with Crippen molar-refractivity contribution in [2.45, 2.75) is 23.6 Å². The lowest BCUT2D eigenvalue weighted by molar-refractivity contribution is 0.290. The van der Waals surface area contributed by atoms with E-state index in [1.807, 2.05) is 60.7 Å². The summed E-state index contributed by atoms with van der Waals surface area (Å²) in [6, 6.07) is 20.4. The molecule has 186 valence electrons. The molecule has 10 heteroatoms. The van der Waals surface area contributed by atoms with Gasteiger partial charge in [0.15, 0.2) is 16.6 Å². The Balaban J connectivity index is 1.38. The molecule has 1 aliphatic heterocycles. The van der Waals surface area contributed by atoms with E-state index in [2.05, 4.69) is 15.3 Å². The molecular weight excluding hydrogens is 481 g/mol. The predicted molar refractivity (Wildman–Crippen MR) is 134 cm³/mol. The molecule has 2 atom stereocenters. The number of pyridine rings is 1. The van der Waals surface area contributed by atoms with Crippen LogP contribution in [-0.4, -0.2) is 46.4 Å². The Hall–Kier alpha value is -3.76. The third-order valence-corrected chi connectivity index (χ3v) is 7.91. The Morgan fingerprint density at radius 1 is 1.06 bits per heavy atom. The Kier molecular flexibility index (Phi) is 6.71. The fourth-order valence-corrected chi connectivity index (χ4v) is 5.80. The molecule has 2 aromatic carbocycles. The standard InChI is InChI=1S/C26H26FN5O3S/c1-31-16-26(29-18-31)36(33,34)32-14-21(20-10-6-3-7-11-20)23(15-32)30-25-12-24(22(27)13-28-25)35-17-19-8-4-2-5-9-19/h2-13,16,18,21,23H,14-15,17H2,1H3,(H,28,30)/t21-,23+/m1/s1. The number of imidazole rings is 1. The molecule has 1 saturated heterocycles. The largest absolute Gasteiger partial charge is 0.486 e. The van der Waals surface area contributed by atoms with Gasteiger partial charge in [-0.2, -0.15) is 4.31 Å². The van der Waals surface area contributed by atoms with E-state index in [4.69, 9.17) is 4.74 Å². The van der Waals surface area contributed by atoms with E-state index < -0.39 is 15.8 Å². The van der Waals surface area contributed by atoms with Gasteiger partial charge in [0, 0.05) is 44.4 Å². The molecule has 0 unspecified atom stereocenters. The van der Waals surface area contributed by atoms with Gasteiger partial charge in [-0.3, -0.25) is 0 Å². The Bertz CT molecular complexity index is 1430. The summed E-state index contributed by atoms with van der Waals surface area (Å²) in [5.74, 6) is -0.238. The summed E-state index contributed by atoms with van der Waals surface area (Å²) in [5, 5.41) is 3.33. The predicted octanol–water partition coefficient (Wildman–Crippen LogP) is 3.80. The molecule has 4 aromatic rings. The zero-order chi connectivity index (χ0) is 25.1. The number of anilines is 1. The molecule has 1 N–H and O–H groups in total. The first kappa shape index (κ1) is 24.0. The lowest BCUT2D eigenvalue weighted by Gasteiger charge is -2.21. The summed E-state index contributed by atoms with van der Waals surface area (Å²) >= 11 is 0. The number of nitrogens with zero attached hydrogens (tertiary/aromatic N) is 4. The van der Waals surface area contributed by atoms with Crippen LogP contribution in [0.5, 0.6) is 5.75 Å². The lowest BCUT2D eigenvalue weighted by Crippen LogP contribution is -2.32. The van der Waals surface area contributed by atoms with Crippen LogP contribution in [0.3, 0.4) is 0 Å². The Labute approximate surface area is 209 Å². The highest BCUT2D eigenvalue weighted by Crippen LogP contribution is 2.33. The highest BCUT2D eigenvalue weighted by atomic mass is 32.2. The van der Waals surface area contributed by atoms with Gasteiger partial charge in [0.05, 0.1) is 12.5 Å². The zero-order valence-corrected chi connectivity index (χ0v) is 20.5. The van der Waals surface area contributed by atoms with Gasteiger partial charge in [0.1, 0.15) is 12.4 Å². The molecule has 3 heterocycles. The van der Waals surface area contributed by atoms with E-state index in [9.17, 15) is 12.8 Å². The highest BCUT2D eigenvalue weighted by Gasteiger charge is 2.41. The number of benzene rings is 2. The van der Waals surface area contributed by atoms with Gasteiger partial charge in [0.2, 0.25) is 0 Å². The van der Waals surface area contributed by atoms with Gasteiger partial charge in [-0.25, -0.2) is 22.8 Å². The smallest absolute Gasteiger partial charge is 0.262 e. The van der Waals surface area contributed by atoms with Crippen molar-refractivity contribution >= 4 is 15.8 Å². The first-order valence-electron chi connectivity index (χ1n) is 11.5. The van der Waals surface area contributed by atoms with Crippen molar-refractivity contribution in [3.8, 4) is 5.75 Å². The van der Waals surface area contributed by atoms with Gasteiger partial charge >= 0.3 is 0 Å². The normalized spacial score (nSPS) is 18.3. The summed E-state index contributed by atoms with van der Waals surface area (Å²) in [7, 11) is -2.05. The fourth-order valence-electron chi connectivity index (χ4n) is 4.34. The molecule has 0 amide bonds. The van der Waals surface area contributed by atoms with Crippen LogP contribution in [0, 0.1) is 5.82 Å². The van der Waals surface area contributed by atoms with Crippen LogP contribution >= 0.6 is 0 Å². The molecule has 0 saturated carbocycles. The summed E-state index contributed by atoms with van der Waals surface area (Å²) in [6.07, 6.45) is 4.07. The number of aryl methyl sites for hydroxylation is 1. The quantitative estimate of drug-likeness (QED) is 0.390. The van der Waals surface area contributed by atoms with Gasteiger partial charge in [-0.05, 0) is 11.1 Å². The number of hydrogen-bond acceptors (Lipinski definition) is 6. The van der Waals surface area contributed by atoms with Gasteiger partial charge in [0.25, 0.3) is 10.0 Å². The zero-order valence-electron chi connectivity index (χ0n) is 19.7. The third-order valence-electron chi connectivity index (χ3n) is 6.19. The number of rotatable bonds is 8.